The Balaban J connectivity index is 0.00000320. The van der Waals surface area contributed by atoms with E-state index in [4.69, 9.17) is 14.5 Å². The lowest BCUT2D eigenvalue weighted by Gasteiger charge is -2.21. The fraction of sp³-hybridized carbons (Fsp3) is 0.458. The van der Waals surface area contributed by atoms with Crippen molar-refractivity contribution in [2.45, 2.75) is 33.1 Å². The van der Waals surface area contributed by atoms with Gasteiger partial charge in [-0.2, -0.15) is 0 Å². The molecule has 2 aromatic rings. The highest BCUT2D eigenvalue weighted by molar-refractivity contribution is 14.0. The first-order chi connectivity index (χ1) is 14.3. The smallest absolute Gasteiger partial charge is 0.194 e. The van der Waals surface area contributed by atoms with E-state index in [1.807, 2.05) is 18.2 Å². The third-order valence-electron chi connectivity index (χ3n) is 5.11. The summed E-state index contributed by atoms with van der Waals surface area (Å²) in [7, 11) is 1.78. The third kappa shape index (κ3) is 7.89. The molecule has 0 amide bonds. The van der Waals surface area contributed by atoms with Gasteiger partial charge in [0, 0.05) is 32.7 Å². The van der Waals surface area contributed by atoms with E-state index in [1.165, 1.54) is 16.7 Å². The molecule has 0 aromatic heterocycles. The SMILES string of the molecule is CCNC(=NCc1cccc(COCc2ccccc2)c1)N1CCC(COC)C1.I. The predicted octanol–water partition coefficient (Wildman–Crippen LogP) is 4.46. The number of hydrogen-bond acceptors (Lipinski definition) is 3. The first kappa shape index (κ1) is 24.6. The van der Waals surface area contributed by atoms with Crippen LogP contribution in [0.5, 0.6) is 0 Å². The minimum Gasteiger partial charge on any atom is -0.384 e. The van der Waals surface area contributed by atoms with Crippen LogP contribution in [0.25, 0.3) is 0 Å². The fourth-order valence-corrected chi connectivity index (χ4v) is 3.67. The number of guanidine groups is 1. The number of nitrogens with one attached hydrogen (secondary N) is 1. The maximum atomic E-state index is 5.87. The quantitative estimate of drug-likeness (QED) is 0.300. The van der Waals surface area contributed by atoms with Crippen LogP contribution in [0.2, 0.25) is 0 Å². The van der Waals surface area contributed by atoms with Crippen LogP contribution in [0.15, 0.2) is 59.6 Å². The van der Waals surface area contributed by atoms with Crippen LogP contribution in [0.4, 0.5) is 0 Å². The number of nitrogens with zero attached hydrogens (tertiary/aromatic N) is 2. The van der Waals surface area contributed by atoms with Crippen molar-refractivity contribution >= 4 is 29.9 Å². The Morgan fingerprint density at radius 1 is 1.07 bits per heavy atom. The van der Waals surface area contributed by atoms with E-state index in [0.717, 1.165) is 38.6 Å². The van der Waals surface area contributed by atoms with Gasteiger partial charge in [-0.15, -0.1) is 24.0 Å². The predicted molar refractivity (Wildman–Crippen MR) is 133 cm³/mol. The van der Waals surface area contributed by atoms with Gasteiger partial charge in [-0.1, -0.05) is 54.6 Å². The first-order valence-corrected chi connectivity index (χ1v) is 10.5. The number of rotatable bonds is 9. The van der Waals surface area contributed by atoms with E-state index in [9.17, 15) is 0 Å². The molecule has 1 aliphatic rings. The number of methoxy groups -OCH3 is 1. The van der Waals surface area contributed by atoms with Gasteiger partial charge in [0.1, 0.15) is 0 Å². The molecule has 164 valence electrons. The number of benzene rings is 2. The lowest BCUT2D eigenvalue weighted by molar-refractivity contribution is 0.107. The van der Waals surface area contributed by atoms with E-state index in [2.05, 4.69) is 53.5 Å². The van der Waals surface area contributed by atoms with Crippen LogP contribution >= 0.6 is 24.0 Å². The number of likely N-dealkylation sites (tertiary alicyclic amines) is 1. The number of halogens is 1. The molecule has 1 saturated heterocycles. The number of hydrogen-bond donors (Lipinski definition) is 1. The van der Waals surface area contributed by atoms with Crippen LogP contribution in [0.3, 0.4) is 0 Å². The topological polar surface area (TPSA) is 46.1 Å². The standard InChI is InChI=1S/C24H33N3O2.HI/c1-3-25-24(27-13-12-23(16-27)17-28-2)26-15-21-10-7-11-22(14-21)19-29-18-20-8-5-4-6-9-20;/h4-11,14,23H,3,12-13,15-19H2,1-2H3,(H,25,26);1H. The van der Waals surface area contributed by atoms with E-state index >= 15 is 0 Å². The Labute approximate surface area is 197 Å². The van der Waals surface area contributed by atoms with Crippen molar-refractivity contribution in [3.05, 3.63) is 71.3 Å². The summed E-state index contributed by atoms with van der Waals surface area (Å²) < 4.78 is 11.2. The number of aliphatic imine (C=N–C) groups is 1. The van der Waals surface area contributed by atoms with Gasteiger partial charge >= 0.3 is 0 Å². The summed E-state index contributed by atoms with van der Waals surface area (Å²) >= 11 is 0. The van der Waals surface area contributed by atoms with E-state index < -0.39 is 0 Å². The Morgan fingerprint density at radius 2 is 1.80 bits per heavy atom. The second-order valence-corrected chi connectivity index (χ2v) is 7.52. The van der Waals surface area contributed by atoms with Crippen LogP contribution in [-0.2, 0) is 29.2 Å². The van der Waals surface area contributed by atoms with Crippen LogP contribution in [0.1, 0.15) is 30.0 Å². The highest BCUT2D eigenvalue weighted by Crippen LogP contribution is 2.17. The molecular formula is C24H34IN3O2. The monoisotopic (exact) mass is 523 g/mol. The van der Waals surface area contributed by atoms with Crippen molar-refractivity contribution in [2.75, 3.05) is 33.4 Å². The molecule has 1 fully saturated rings. The minimum absolute atomic E-state index is 0. The van der Waals surface area contributed by atoms with E-state index in [-0.39, 0.29) is 24.0 Å². The van der Waals surface area contributed by atoms with Crippen LogP contribution in [-0.4, -0.2) is 44.2 Å². The molecule has 6 heteroatoms. The highest BCUT2D eigenvalue weighted by atomic mass is 127. The van der Waals surface area contributed by atoms with Crippen molar-refractivity contribution in [1.29, 1.82) is 0 Å². The summed E-state index contributed by atoms with van der Waals surface area (Å²) in [6.07, 6.45) is 1.16. The second-order valence-electron chi connectivity index (χ2n) is 7.52. The van der Waals surface area contributed by atoms with Gasteiger partial charge in [0.15, 0.2) is 5.96 Å². The van der Waals surface area contributed by atoms with Crippen molar-refractivity contribution in [1.82, 2.24) is 10.2 Å². The van der Waals surface area contributed by atoms with Gasteiger partial charge in [-0.3, -0.25) is 0 Å². The van der Waals surface area contributed by atoms with Crippen molar-refractivity contribution in [3.8, 4) is 0 Å². The molecule has 0 aliphatic carbocycles. The lowest BCUT2D eigenvalue weighted by atomic mass is 10.1. The number of ether oxygens (including phenoxy) is 2. The zero-order valence-corrected chi connectivity index (χ0v) is 20.4. The summed E-state index contributed by atoms with van der Waals surface area (Å²) in [6.45, 7) is 7.75. The Hall–Kier alpha value is -1.64. The molecule has 5 nitrogen and oxygen atoms in total. The molecule has 30 heavy (non-hydrogen) atoms. The van der Waals surface area contributed by atoms with E-state index in [0.29, 0.717) is 25.7 Å². The van der Waals surface area contributed by atoms with Crippen molar-refractivity contribution in [2.24, 2.45) is 10.9 Å². The molecule has 3 rings (SSSR count). The minimum atomic E-state index is 0. The average Bonchev–Trinajstić information content (AvgIpc) is 3.21. The molecule has 0 radical (unpaired) electrons. The Morgan fingerprint density at radius 3 is 2.57 bits per heavy atom. The molecule has 0 bridgehead atoms. The summed E-state index contributed by atoms with van der Waals surface area (Å²) in [5.41, 5.74) is 3.58. The highest BCUT2D eigenvalue weighted by Gasteiger charge is 2.24. The molecule has 0 spiro atoms. The Bertz CT molecular complexity index is 770. The molecular weight excluding hydrogens is 489 g/mol. The van der Waals surface area contributed by atoms with Gasteiger partial charge in [0.25, 0.3) is 0 Å². The van der Waals surface area contributed by atoms with Gasteiger partial charge in [-0.25, -0.2) is 4.99 Å². The molecule has 1 heterocycles. The molecule has 1 atom stereocenters. The van der Waals surface area contributed by atoms with Gasteiger partial charge in [0.05, 0.1) is 26.4 Å². The zero-order valence-electron chi connectivity index (χ0n) is 18.0. The fourth-order valence-electron chi connectivity index (χ4n) is 3.67. The Kier molecular flexibility index (Phi) is 11.2. The lowest BCUT2D eigenvalue weighted by Crippen LogP contribution is -2.40. The summed E-state index contributed by atoms with van der Waals surface area (Å²) in [5, 5.41) is 3.43. The first-order valence-electron chi connectivity index (χ1n) is 10.5. The molecule has 1 N–H and O–H groups in total. The normalized spacial score (nSPS) is 16.4. The third-order valence-corrected chi connectivity index (χ3v) is 5.11. The summed E-state index contributed by atoms with van der Waals surface area (Å²) in [4.78, 5) is 7.23. The van der Waals surface area contributed by atoms with Crippen molar-refractivity contribution in [3.63, 3.8) is 0 Å². The molecule has 0 saturated carbocycles. The van der Waals surface area contributed by atoms with Crippen LogP contribution in [0, 0.1) is 5.92 Å². The molecule has 2 aromatic carbocycles. The summed E-state index contributed by atoms with van der Waals surface area (Å²) in [6, 6.07) is 18.8. The average molecular weight is 523 g/mol. The van der Waals surface area contributed by atoms with E-state index in [1.54, 1.807) is 7.11 Å². The van der Waals surface area contributed by atoms with Crippen LogP contribution < -0.4 is 5.32 Å². The van der Waals surface area contributed by atoms with Gasteiger partial charge in [-0.05, 0) is 30.0 Å². The maximum Gasteiger partial charge on any atom is 0.194 e. The van der Waals surface area contributed by atoms with Gasteiger partial charge in [0.2, 0.25) is 0 Å². The van der Waals surface area contributed by atoms with Gasteiger partial charge < -0.3 is 19.7 Å². The summed E-state index contributed by atoms with van der Waals surface area (Å²) in [5.74, 6) is 1.59. The second kappa shape index (κ2) is 13.6. The molecule has 1 aliphatic heterocycles. The maximum absolute atomic E-state index is 5.87. The molecule has 1 unspecified atom stereocenters. The zero-order chi connectivity index (χ0) is 20.3. The largest absolute Gasteiger partial charge is 0.384 e. The van der Waals surface area contributed by atoms with Crippen molar-refractivity contribution < 1.29 is 9.47 Å².